The monoisotopic (exact) mass is 438 g/mol. The Morgan fingerprint density at radius 1 is 0.935 bits per heavy atom. The largest absolute Gasteiger partial charge is 0.462 e. The van der Waals surface area contributed by atoms with Crippen LogP contribution in [0.2, 0.25) is 0 Å². The maximum absolute atomic E-state index is 11.0. The van der Waals surface area contributed by atoms with Gasteiger partial charge in [0.05, 0.1) is 19.8 Å². The van der Waals surface area contributed by atoms with E-state index in [1.165, 1.54) is 25.7 Å². The molecule has 31 heavy (non-hydrogen) atoms. The van der Waals surface area contributed by atoms with Crippen molar-refractivity contribution in [3.05, 3.63) is 36.5 Å². The van der Waals surface area contributed by atoms with Gasteiger partial charge in [0.25, 0.3) is 0 Å². The molecule has 0 aromatic carbocycles. The van der Waals surface area contributed by atoms with Crippen LogP contribution in [-0.2, 0) is 23.8 Å². The fourth-order valence-corrected chi connectivity index (χ4v) is 2.36. The molecular weight excluding hydrogens is 392 g/mol. The lowest BCUT2D eigenvalue weighted by atomic mass is 9.92. The van der Waals surface area contributed by atoms with E-state index in [9.17, 15) is 9.59 Å². The van der Waals surface area contributed by atoms with Crippen molar-refractivity contribution in [2.75, 3.05) is 26.4 Å². The molecule has 1 rings (SSSR count). The highest BCUT2D eigenvalue weighted by atomic mass is 16.5. The van der Waals surface area contributed by atoms with Gasteiger partial charge in [-0.1, -0.05) is 59.4 Å². The maximum Gasteiger partial charge on any atom is 0.333 e. The van der Waals surface area contributed by atoms with Gasteiger partial charge in [-0.15, -0.1) is 0 Å². The average molecular weight is 439 g/mol. The van der Waals surface area contributed by atoms with Crippen LogP contribution in [0.15, 0.2) is 36.5 Å². The van der Waals surface area contributed by atoms with Crippen molar-refractivity contribution in [2.24, 2.45) is 11.8 Å². The molecule has 5 heteroatoms. The van der Waals surface area contributed by atoms with Crippen LogP contribution in [0.4, 0.5) is 0 Å². The summed E-state index contributed by atoms with van der Waals surface area (Å²) in [5.74, 6) is 0.619. The van der Waals surface area contributed by atoms with E-state index >= 15 is 0 Å². The van der Waals surface area contributed by atoms with Crippen LogP contribution in [-0.4, -0.2) is 38.4 Å². The Labute approximate surface area is 190 Å². The summed E-state index contributed by atoms with van der Waals surface area (Å²) >= 11 is 0. The van der Waals surface area contributed by atoms with Gasteiger partial charge in [0, 0.05) is 23.7 Å². The van der Waals surface area contributed by atoms with Crippen LogP contribution in [0.25, 0.3) is 0 Å². The summed E-state index contributed by atoms with van der Waals surface area (Å²) in [6.45, 7) is 20.8. The number of rotatable bonds is 11. The van der Waals surface area contributed by atoms with Gasteiger partial charge < -0.3 is 14.2 Å². The highest BCUT2D eigenvalue weighted by molar-refractivity contribution is 5.87. The van der Waals surface area contributed by atoms with Gasteiger partial charge in [0.2, 0.25) is 0 Å². The minimum absolute atomic E-state index is 0.241. The minimum atomic E-state index is -0.327. The number of carbonyl (C=O) groups is 2. The highest BCUT2D eigenvalue weighted by Gasteiger charge is 2.07. The quantitative estimate of drug-likeness (QED) is 0.161. The highest BCUT2D eigenvalue weighted by Crippen LogP contribution is 2.20. The first-order valence-corrected chi connectivity index (χ1v) is 11.6. The first-order valence-electron chi connectivity index (χ1n) is 11.6. The molecule has 0 spiro atoms. The molecule has 5 nitrogen and oxygen atoms in total. The predicted molar refractivity (Wildman–Crippen MR) is 129 cm³/mol. The molecular formula is C26H46O5. The molecule has 1 aliphatic rings. The van der Waals surface area contributed by atoms with E-state index in [1.54, 1.807) is 13.8 Å². The first-order chi connectivity index (χ1) is 14.7. The van der Waals surface area contributed by atoms with Crippen LogP contribution < -0.4 is 0 Å². The average Bonchev–Trinajstić information content (AvgIpc) is 2.77. The predicted octanol–water partition coefficient (Wildman–Crippen LogP) is 6.44. The lowest BCUT2D eigenvalue weighted by Gasteiger charge is -2.13. The second-order valence-electron chi connectivity index (χ2n) is 8.03. The van der Waals surface area contributed by atoms with Crippen molar-refractivity contribution in [2.45, 2.75) is 80.1 Å². The van der Waals surface area contributed by atoms with E-state index in [0.717, 1.165) is 25.4 Å². The van der Waals surface area contributed by atoms with E-state index in [-0.39, 0.29) is 17.9 Å². The lowest BCUT2D eigenvalue weighted by molar-refractivity contribution is -0.141. The van der Waals surface area contributed by atoms with Gasteiger partial charge in [-0.3, -0.25) is 0 Å². The van der Waals surface area contributed by atoms with Crippen molar-refractivity contribution < 1.29 is 23.8 Å². The maximum atomic E-state index is 11.0. The smallest absolute Gasteiger partial charge is 0.333 e. The van der Waals surface area contributed by atoms with Crippen LogP contribution in [0.3, 0.4) is 0 Å². The summed E-state index contributed by atoms with van der Waals surface area (Å²) in [6, 6.07) is 0. The SMILES string of the molecule is C=C(C)C(=O)OCC(C)COCCC.C=C(C)C(=O)OCCC.CCC1CC=CCC1. The number of hydrogen-bond donors (Lipinski definition) is 0. The van der Waals surface area contributed by atoms with Gasteiger partial charge >= 0.3 is 11.9 Å². The number of ether oxygens (including phenoxy) is 3. The normalized spacial score (nSPS) is 15.4. The third-order valence-corrected chi connectivity index (χ3v) is 4.34. The number of hydrogen-bond acceptors (Lipinski definition) is 5. The molecule has 0 heterocycles. The standard InChI is InChI=1S/C11H20O3.C8H14.C7H12O2/c1-5-6-13-7-10(4)8-14-11(12)9(2)3;1-2-8-6-4-3-5-7-8;1-4-5-9-7(8)6(2)3/h10H,2,5-8H2,1,3-4H3;3-4,8H,2,5-7H2,1H3;2,4-5H2,1,3H3. The molecule has 2 atom stereocenters. The van der Waals surface area contributed by atoms with Crippen LogP contribution in [0, 0.1) is 11.8 Å². The topological polar surface area (TPSA) is 61.8 Å². The summed E-state index contributed by atoms with van der Waals surface area (Å²) in [6.07, 6.45) is 11.9. The fourth-order valence-electron chi connectivity index (χ4n) is 2.36. The number of carbonyl (C=O) groups excluding carboxylic acids is 2. The molecule has 1 aliphatic carbocycles. The minimum Gasteiger partial charge on any atom is -0.462 e. The second-order valence-corrected chi connectivity index (χ2v) is 8.03. The van der Waals surface area contributed by atoms with E-state index in [1.807, 2.05) is 13.8 Å². The van der Waals surface area contributed by atoms with Gasteiger partial charge in [-0.25, -0.2) is 9.59 Å². The fraction of sp³-hybridized carbons (Fsp3) is 0.692. The van der Waals surface area contributed by atoms with Crippen molar-refractivity contribution >= 4 is 11.9 Å². The van der Waals surface area contributed by atoms with E-state index in [2.05, 4.69) is 39.2 Å². The lowest BCUT2D eigenvalue weighted by Crippen LogP contribution is -2.16. The molecule has 0 bridgehead atoms. The van der Waals surface area contributed by atoms with Gasteiger partial charge in [0.1, 0.15) is 0 Å². The molecule has 0 N–H and O–H groups in total. The zero-order chi connectivity index (χ0) is 24.1. The van der Waals surface area contributed by atoms with Gasteiger partial charge in [-0.2, -0.15) is 0 Å². The molecule has 0 saturated carbocycles. The van der Waals surface area contributed by atoms with Crippen LogP contribution in [0.5, 0.6) is 0 Å². The Balaban J connectivity index is 0. The molecule has 2 unspecified atom stereocenters. The first kappa shape index (κ1) is 31.3. The van der Waals surface area contributed by atoms with Gasteiger partial charge in [0.15, 0.2) is 0 Å². The van der Waals surface area contributed by atoms with Crippen molar-refractivity contribution in [3.8, 4) is 0 Å². The van der Waals surface area contributed by atoms with Crippen LogP contribution >= 0.6 is 0 Å². The van der Waals surface area contributed by atoms with Crippen molar-refractivity contribution in [1.29, 1.82) is 0 Å². The summed E-state index contributed by atoms with van der Waals surface area (Å²) in [5, 5.41) is 0. The van der Waals surface area contributed by atoms with Crippen LogP contribution in [0.1, 0.15) is 80.1 Å². The number of esters is 2. The van der Waals surface area contributed by atoms with Gasteiger partial charge in [-0.05, 0) is 51.9 Å². The van der Waals surface area contributed by atoms with Crippen molar-refractivity contribution in [3.63, 3.8) is 0 Å². The zero-order valence-electron chi connectivity index (χ0n) is 20.8. The molecule has 0 saturated heterocycles. The Kier molecular flexibility index (Phi) is 21.6. The molecule has 0 radical (unpaired) electrons. The third kappa shape index (κ3) is 21.1. The summed E-state index contributed by atoms with van der Waals surface area (Å²) in [5.41, 5.74) is 0.898. The Bertz CT molecular complexity index is 536. The molecule has 0 aromatic rings. The summed E-state index contributed by atoms with van der Waals surface area (Å²) in [7, 11) is 0. The molecule has 180 valence electrons. The summed E-state index contributed by atoms with van der Waals surface area (Å²) in [4.78, 5) is 21.6. The molecule has 0 amide bonds. The zero-order valence-corrected chi connectivity index (χ0v) is 20.8. The Morgan fingerprint density at radius 3 is 1.94 bits per heavy atom. The molecule has 0 aliphatic heterocycles. The van der Waals surface area contributed by atoms with E-state index in [4.69, 9.17) is 14.2 Å². The Morgan fingerprint density at radius 2 is 1.52 bits per heavy atom. The molecule has 0 fully saturated rings. The van der Waals surface area contributed by atoms with Crippen molar-refractivity contribution in [1.82, 2.24) is 0 Å². The third-order valence-electron chi connectivity index (χ3n) is 4.34. The number of allylic oxidation sites excluding steroid dienone is 2. The second kappa shape index (κ2) is 21.4. The van der Waals surface area contributed by atoms with E-state index < -0.39 is 0 Å². The van der Waals surface area contributed by atoms with E-state index in [0.29, 0.717) is 31.0 Å². The summed E-state index contributed by atoms with van der Waals surface area (Å²) < 4.78 is 15.0. The Hall–Kier alpha value is -1.88. The molecule has 0 aromatic heterocycles.